The van der Waals surface area contributed by atoms with Gasteiger partial charge in [-0.25, -0.2) is 4.79 Å². The van der Waals surface area contributed by atoms with Gasteiger partial charge in [0.05, 0.1) is 23.5 Å². The van der Waals surface area contributed by atoms with Crippen LogP contribution in [0, 0.1) is 5.92 Å². The molecule has 2 amide bonds. The molecule has 0 bridgehead atoms. The van der Waals surface area contributed by atoms with Crippen LogP contribution in [0.1, 0.15) is 45.1 Å². The number of pyridine rings is 1. The van der Waals surface area contributed by atoms with E-state index in [0.29, 0.717) is 24.1 Å². The molecule has 0 saturated heterocycles. The molecule has 2 unspecified atom stereocenters. The van der Waals surface area contributed by atoms with Crippen molar-refractivity contribution >= 4 is 30.4 Å². The smallest absolute Gasteiger partial charge is 0.326 e. The first-order valence-electron chi connectivity index (χ1n) is 10.7. The van der Waals surface area contributed by atoms with E-state index in [1.807, 2.05) is 13.8 Å². The first-order chi connectivity index (χ1) is 15.2. The lowest BCUT2D eigenvalue weighted by molar-refractivity contribution is -0.143. The molecule has 0 aromatic carbocycles. The highest BCUT2D eigenvalue weighted by atomic mass is 32.1. The van der Waals surface area contributed by atoms with Crippen molar-refractivity contribution in [2.24, 2.45) is 5.92 Å². The van der Waals surface area contributed by atoms with Crippen molar-refractivity contribution in [3.05, 3.63) is 42.5 Å². The Morgan fingerprint density at radius 3 is 2.47 bits per heavy atom. The van der Waals surface area contributed by atoms with Crippen LogP contribution in [-0.4, -0.2) is 44.7 Å². The van der Waals surface area contributed by atoms with Gasteiger partial charge in [-0.1, -0.05) is 32.8 Å². The van der Waals surface area contributed by atoms with Crippen LogP contribution in [0.3, 0.4) is 0 Å². The van der Waals surface area contributed by atoms with Crippen molar-refractivity contribution < 1.29 is 23.9 Å². The van der Waals surface area contributed by atoms with Crippen LogP contribution in [0.2, 0.25) is 0 Å². The second kappa shape index (κ2) is 10.2. The van der Waals surface area contributed by atoms with Gasteiger partial charge in [-0.2, -0.15) is 12.6 Å². The number of carbonyl (C=O) groups is 3. The number of hydrogen-bond acceptors (Lipinski definition) is 6. The quantitative estimate of drug-likeness (QED) is 0.428. The number of nitrogens with one attached hydrogen (secondary N) is 2. The van der Waals surface area contributed by atoms with Gasteiger partial charge in [-0.15, -0.1) is 0 Å². The Balaban J connectivity index is 1.70. The van der Waals surface area contributed by atoms with Crippen LogP contribution < -0.4 is 10.6 Å². The summed E-state index contributed by atoms with van der Waals surface area (Å²) in [5.41, 5.74) is 1.09. The number of rotatable bonds is 9. The summed E-state index contributed by atoms with van der Waals surface area (Å²) in [4.78, 5) is 42.0. The summed E-state index contributed by atoms with van der Waals surface area (Å²) in [5.74, 6) is -1.93. The number of carboxylic acids is 1. The van der Waals surface area contributed by atoms with Gasteiger partial charge in [0.1, 0.15) is 11.6 Å². The second-order valence-electron chi connectivity index (χ2n) is 8.60. The number of carboxylic acid groups (broad SMARTS) is 1. The molecule has 32 heavy (non-hydrogen) atoms. The van der Waals surface area contributed by atoms with Crippen LogP contribution in [-0.2, 0) is 20.8 Å². The third-order valence-corrected chi connectivity index (χ3v) is 6.67. The van der Waals surface area contributed by atoms with Crippen molar-refractivity contribution in [1.82, 2.24) is 15.6 Å². The Bertz CT molecular complexity index is 937. The molecular weight excluding hydrogens is 430 g/mol. The molecular formula is C23H29N3O5S. The lowest BCUT2D eigenvalue weighted by atomic mass is 9.94. The third-order valence-electron chi connectivity index (χ3n) is 5.84. The van der Waals surface area contributed by atoms with E-state index in [4.69, 9.17) is 4.42 Å². The van der Waals surface area contributed by atoms with Crippen molar-refractivity contribution in [2.75, 3.05) is 0 Å². The molecule has 2 aromatic heterocycles. The number of carbonyl (C=O) groups excluding carboxylic acids is 2. The molecule has 0 aliphatic heterocycles. The molecule has 2 heterocycles. The summed E-state index contributed by atoms with van der Waals surface area (Å²) < 4.78 is 5.05. The molecule has 9 heteroatoms. The van der Waals surface area contributed by atoms with Crippen LogP contribution >= 0.6 is 12.6 Å². The van der Waals surface area contributed by atoms with Gasteiger partial charge in [0.25, 0.3) is 0 Å². The summed E-state index contributed by atoms with van der Waals surface area (Å²) in [6, 6.07) is 4.19. The molecule has 1 saturated carbocycles. The van der Waals surface area contributed by atoms with Gasteiger partial charge in [0, 0.05) is 18.2 Å². The van der Waals surface area contributed by atoms with Gasteiger partial charge < -0.3 is 20.2 Å². The fourth-order valence-electron chi connectivity index (χ4n) is 3.86. The fourth-order valence-corrected chi connectivity index (χ4v) is 3.92. The van der Waals surface area contributed by atoms with E-state index >= 15 is 0 Å². The van der Waals surface area contributed by atoms with Crippen LogP contribution in [0.4, 0.5) is 0 Å². The van der Waals surface area contributed by atoms with Crippen molar-refractivity contribution in [2.45, 2.75) is 62.8 Å². The lowest BCUT2D eigenvalue weighted by Crippen LogP contribution is -2.61. The zero-order chi connectivity index (χ0) is 23.3. The average Bonchev–Trinajstić information content (AvgIpc) is 3.46. The van der Waals surface area contributed by atoms with E-state index in [1.54, 1.807) is 36.9 Å². The molecule has 0 radical (unpaired) electrons. The average molecular weight is 460 g/mol. The molecule has 3 rings (SSSR count). The van der Waals surface area contributed by atoms with Crippen molar-refractivity contribution in [1.29, 1.82) is 0 Å². The van der Waals surface area contributed by atoms with Gasteiger partial charge >= 0.3 is 5.97 Å². The Morgan fingerprint density at radius 1 is 1.22 bits per heavy atom. The molecule has 2 aromatic rings. The molecule has 0 spiro atoms. The molecule has 1 fully saturated rings. The minimum atomic E-state index is -1.15. The molecule has 1 aliphatic carbocycles. The maximum absolute atomic E-state index is 13.2. The van der Waals surface area contributed by atoms with E-state index in [2.05, 4.69) is 28.2 Å². The number of hydrogen-bond donors (Lipinski definition) is 4. The van der Waals surface area contributed by atoms with E-state index in [9.17, 15) is 19.5 Å². The SMILES string of the molecule is CC(C)C(S)C(=O)NC1(C(=O)NC(Cc2ccc(-c3ccoc3)nc2)C(=O)O)CCCC1. The van der Waals surface area contributed by atoms with Gasteiger partial charge in [0.15, 0.2) is 0 Å². The van der Waals surface area contributed by atoms with Crippen LogP contribution in [0.15, 0.2) is 41.3 Å². The minimum Gasteiger partial charge on any atom is -0.480 e. The first kappa shape index (κ1) is 23.8. The Hall–Kier alpha value is -2.81. The number of thiol groups is 1. The van der Waals surface area contributed by atoms with Gasteiger partial charge in [0.2, 0.25) is 11.8 Å². The van der Waals surface area contributed by atoms with E-state index in [0.717, 1.165) is 18.4 Å². The number of aromatic nitrogens is 1. The van der Waals surface area contributed by atoms with Gasteiger partial charge in [-0.05, 0) is 36.5 Å². The maximum atomic E-state index is 13.2. The Morgan fingerprint density at radius 2 is 1.94 bits per heavy atom. The van der Waals surface area contributed by atoms with Crippen LogP contribution in [0.5, 0.6) is 0 Å². The predicted octanol–water partition coefficient (Wildman–Crippen LogP) is 2.84. The van der Waals surface area contributed by atoms with Crippen molar-refractivity contribution in [3.8, 4) is 11.3 Å². The maximum Gasteiger partial charge on any atom is 0.326 e. The largest absolute Gasteiger partial charge is 0.480 e. The number of furan rings is 1. The Kier molecular flexibility index (Phi) is 7.60. The molecule has 172 valence electrons. The lowest BCUT2D eigenvalue weighted by Gasteiger charge is -2.32. The molecule has 8 nitrogen and oxygen atoms in total. The molecule has 1 aliphatic rings. The summed E-state index contributed by atoms with van der Waals surface area (Å²) >= 11 is 4.35. The summed E-state index contributed by atoms with van der Waals surface area (Å²) in [6.45, 7) is 3.76. The number of aliphatic carboxylic acids is 1. The third kappa shape index (κ3) is 5.51. The normalized spacial score (nSPS) is 17.0. The molecule has 3 N–H and O–H groups in total. The predicted molar refractivity (Wildman–Crippen MR) is 122 cm³/mol. The first-order valence-corrected chi connectivity index (χ1v) is 11.2. The number of amides is 2. The number of nitrogens with zero attached hydrogens (tertiary/aromatic N) is 1. The standard InChI is InChI=1S/C23H29N3O5S/c1-14(2)19(32)20(27)26-23(8-3-4-9-23)22(30)25-18(21(28)29)11-15-5-6-17(24-12-15)16-7-10-31-13-16/h5-7,10,12-14,18-19,32H,3-4,8-9,11H2,1-2H3,(H,25,30)(H,26,27)(H,28,29). The summed E-state index contributed by atoms with van der Waals surface area (Å²) in [6.07, 6.45) is 7.29. The fraction of sp³-hybridized carbons (Fsp3) is 0.478. The summed E-state index contributed by atoms with van der Waals surface area (Å²) in [7, 11) is 0. The highest BCUT2D eigenvalue weighted by Crippen LogP contribution is 2.31. The highest BCUT2D eigenvalue weighted by molar-refractivity contribution is 7.81. The van der Waals surface area contributed by atoms with E-state index < -0.39 is 28.7 Å². The molecule has 2 atom stereocenters. The Labute approximate surface area is 192 Å². The monoisotopic (exact) mass is 459 g/mol. The second-order valence-corrected chi connectivity index (χ2v) is 9.16. The van der Waals surface area contributed by atoms with Gasteiger partial charge in [-0.3, -0.25) is 14.6 Å². The zero-order valence-electron chi connectivity index (χ0n) is 18.2. The van der Waals surface area contributed by atoms with E-state index in [-0.39, 0.29) is 18.2 Å². The summed E-state index contributed by atoms with van der Waals surface area (Å²) in [5, 5.41) is 14.7. The zero-order valence-corrected chi connectivity index (χ0v) is 19.1. The topological polar surface area (TPSA) is 122 Å². The van der Waals surface area contributed by atoms with E-state index in [1.165, 1.54) is 0 Å². The van der Waals surface area contributed by atoms with Crippen molar-refractivity contribution in [3.63, 3.8) is 0 Å². The minimum absolute atomic E-state index is 0.00383. The highest BCUT2D eigenvalue weighted by Gasteiger charge is 2.44. The van der Waals surface area contributed by atoms with Crippen LogP contribution in [0.25, 0.3) is 11.3 Å².